The van der Waals surface area contributed by atoms with E-state index in [0.717, 1.165) is 0 Å². The number of rotatable bonds is 4. The molecule has 20 heavy (non-hydrogen) atoms. The van der Waals surface area contributed by atoms with Crippen molar-refractivity contribution in [2.75, 3.05) is 25.0 Å². The molecule has 0 aliphatic carbocycles. The fraction of sp³-hybridized carbons (Fsp3) is 0.385. The maximum absolute atomic E-state index is 11.8. The molecule has 1 atom stereocenters. The Morgan fingerprint density at radius 3 is 2.80 bits per heavy atom. The fourth-order valence-electron chi connectivity index (χ4n) is 2.15. The standard InChI is InChI=1S/C13H15ClN2O3.ClH/c14-10-2-1-3-11(6-10)15-12(17)8-16-5-4-9(7-16)13(18)19;/h1-3,6,9H,4-5,7-8H2,(H,15,17)(H,18,19);1H. The van der Waals surface area contributed by atoms with E-state index in [2.05, 4.69) is 5.32 Å². The van der Waals surface area contributed by atoms with Crippen LogP contribution in [0.5, 0.6) is 0 Å². The van der Waals surface area contributed by atoms with E-state index in [1.807, 2.05) is 4.90 Å². The molecule has 1 aliphatic rings. The molecule has 1 fully saturated rings. The van der Waals surface area contributed by atoms with E-state index in [1.54, 1.807) is 24.3 Å². The number of benzene rings is 1. The first-order chi connectivity index (χ1) is 9.04. The van der Waals surface area contributed by atoms with Crippen LogP contribution < -0.4 is 5.32 Å². The third-order valence-electron chi connectivity index (χ3n) is 3.10. The molecule has 5 nitrogen and oxygen atoms in total. The Balaban J connectivity index is 0.00000200. The van der Waals surface area contributed by atoms with Crippen LogP contribution in [0.1, 0.15) is 6.42 Å². The monoisotopic (exact) mass is 318 g/mol. The lowest BCUT2D eigenvalue weighted by Gasteiger charge is -2.14. The van der Waals surface area contributed by atoms with Crippen molar-refractivity contribution in [2.45, 2.75) is 6.42 Å². The smallest absolute Gasteiger partial charge is 0.307 e. The van der Waals surface area contributed by atoms with Crippen LogP contribution in [0.25, 0.3) is 0 Å². The van der Waals surface area contributed by atoms with Gasteiger partial charge in [-0.2, -0.15) is 0 Å². The molecule has 0 radical (unpaired) electrons. The third-order valence-corrected chi connectivity index (χ3v) is 3.33. The summed E-state index contributed by atoms with van der Waals surface area (Å²) in [5.74, 6) is -1.31. The summed E-state index contributed by atoms with van der Waals surface area (Å²) in [5, 5.41) is 12.2. The van der Waals surface area contributed by atoms with E-state index in [9.17, 15) is 9.59 Å². The fourth-order valence-corrected chi connectivity index (χ4v) is 2.34. The van der Waals surface area contributed by atoms with Crippen molar-refractivity contribution in [1.82, 2.24) is 4.90 Å². The van der Waals surface area contributed by atoms with Gasteiger partial charge < -0.3 is 10.4 Å². The number of likely N-dealkylation sites (tertiary alicyclic amines) is 1. The SMILES string of the molecule is Cl.O=C(CN1CCC(C(=O)O)C1)Nc1cccc(Cl)c1. The first kappa shape index (κ1) is 16.8. The van der Waals surface area contributed by atoms with Gasteiger partial charge in [0.1, 0.15) is 0 Å². The lowest BCUT2D eigenvalue weighted by Crippen LogP contribution is -2.32. The van der Waals surface area contributed by atoms with Gasteiger partial charge in [-0.15, -0.1) is 12.4 Å². The Kier molecular flexibility index (Phi) is 6.26. The highest BCUT2D eigenvalue weighted by atomic mass is 35.5. The zero-order valence-electron chi connectivity index (χ0n) is 10.7. The molecule has 1 aromatic carbocycles. The van der Waals surface area contributed by atoms with E-state index in [0.29, 0.717) is 30.2 Å². The van der Waals surface area contributed by atoms with Crippen molar-refractivity contribution in [3.63, 3.8) is 0 Å². The van der Waals surface area contributed by atoms with Crippen LogP contribution >= 0.6 is 24.0 Å². The van der Waals surface area contributed by atoms with E-state index >= 15 is 0 Å². The van der Waals surface area contributed by atoms with Crippen molar-refractivity contribution in [3.8, 4) is 0 Å². The number of hydrogen-bond donors (Lipinski definition) is 2. The van der Waals surface area contributed by atoms with E-state index in [1.165, 1.54) is 0 Å². The minimum Gasteiger partial charge on any atom is -0.481 e. The summed E-state index contributed by atoms with van der Waals surface area (Å²) in [7, 11) is 0. The van der Waals surface area contributed by atoms with E-state index in [4.69, 9.17) is 16.7 Å². The van der Waals surface area contributed by atoms with Gasteiger partial charge in [0.25, 0.3) is 0 Å². The minimum atomic E-state index is -0.794. The highest BCUT2D eigenvalue weighted by Gasteiger charge is 2.28. The second kappa shape index (κ2) is 7.47. The second-order valence-corrected chi connectivity index (χ2v) is 5.05. The highest BCUT2D eigenvalue weighted by Crippen LogP contribution is 2.17. The van der Waals surface area contributed by atoms with E-state index in [-0.39, 0.29) is 30.8 Å². The molecule has 7 heteroatoms. The molecule has 1 unspecified atom stereocenters. The van der Waals surface area contributed by atoms with Gasteiger partial charge in [0.15, 0.2) is 0 Å². The van der Waals surface area contributed by atoms with Crippen LogP contribution in [0.15, 0.2) is 24.3 Å². The van der Waals surface area contributed by atoms with Crippen molar-refractivity contribution in [3.05, 3.63) is 29.3 Å². The number of amides is 1. The number of anilines is 1. The number of halogens is 2. The minimum absolute atomic E-state index is 0. The molecule has 110 valence electrons. The maximum atomic E-state index is 11.8. The molecular formula is C13H16Cl2N2O3. The average molecular weight is 319 g/mol. The van der Waals surface area contributed by atoms with Crippen molar-refractivity contribution < 1.29 is 14.7 Å². The number of nitrogens with one attached hydrogen (secondary N) is 1. The summed E-state index contributed by atoms with van der Waals surface area (Å²) in [6, 6.07) is 6.92. The molecule has 1 heterocycles. The first-order valence-electron chi connectivity index (χ1n) is 6.05. The van der Waals surface area contributed by atoms with Crippen molar-refractivity contribution in [2.24, 2.45) is 5.92 Å². The summed E-state index contributed by atoms with van der Waals surface area (Å²) in [6.07, 6.45) is 0.597. The van der Waals surface area contributed by atoms with Crippen LogP contribution in [0.3, 0.4) is 0 Å². The molecule has 0 spiro atoms. The van der Waals surface area contributed by atoms with Crippen molar-refractivity contribution >= 4 is 41.6 Å². The van der Waals surface area contributed by atoms with Crippen LogP contribution in [0, 0.1) is 5.92 Å². The van der Waals surface area contributed by atoms with Crippen LogP contribution in [0.2, 0.25) is 5.02 Å². The molecule has 2 rings (SSSR count). The number of aliphatic carboxylic acids is 1. The Hall–Kier alpha value is -1.30. The summed E-state index contributed by atoms with van der Waals surface area (Å²) < 4.78 is 0. The van der Waals surface area contributed by atoms with Crippen LogP contribution in [-0.4, -0.2) is 41.5 Å². The Bertz CT molecular complexity index is 496. The average Bonchev–Trinajstić information content (AvgIpc) is 2.77. The Labute approximate surface area is 128 Å². The topological polar surface area (TPSA) is 69.6 Å². The predicted molar refractivity (Wildman–Crippen MR) is 79.5 cm³/mol. The Morgan fingerprint density at radius 1 is 1.45 bits per heavy atom. The van der Waals surface area contributed by atoms with Gasteiger partial charge in [-0.05, 0) is 31.2 Å². The lowest BCUT2D eigenvalue weighted by atomic mass is 10.1. The summed E-state index contributed by atoms with van der Waals surface area (Å²) in [4.78, 5) is 24.5. The van der Waals surface area contributed by atoms with Gasteiger partial charge >= 0.3 is 5.97 Å². The van der Waals surface area contributed by atoms with Gasteiger partial charge in [-0.3, -0.25) is 14.5 Å². The van der Waals surface area contributed by atoms with Gasteiger partial charge in [-0.1, -0.05) is 17.7 Å². The first-order valence-corrected chi connectivity index (χ1v) is 6.43. The van der Waals surface area contributed by atoms with Gasteiger partial charge in [0.05, 0.1) is 12.5 Å². The van der Waals surface area contributed by atoms with Gasteiger partial charge in [-0.25, -0.2) is 0 Å². The quantitative estimate of drug-likeness (QED) is 0.892. The van der Waals surface area contributed by atoms with Crippen LogP contribution in [-0.2, 0) is 9.59 Å². The zero-order chi connectivity index (χ0) is 13.8. The number of carboxylic acid groups (broad SMARTS) is 1. The van der Waals surface area contributed by atoms with Gasteiger partial charge in [0.2, 0.25) is 5.91 Å². The number of carbonyl (C=O) groups is 2. The maximum Gasteiger partial charge on any atom is 0.307 e. The predicted octanol–water partition coefficient (Wildman–Crippen LogP) is 2.11. The molecule has 1 aromatic rings. The van der Waals surface area contributed by atoms with Crippen LogP contribution in [0.4, 0.5) is 5.69 Å². The van der Waals surface area contributed by atoms with Gasteiger partial charge in [0, 0.05) is 17.3 Å². The molecular weight excluding hydrogens is 303 g/mol. The highest BCUT2D eigenvalue weighted by molar-refractivity contribution is 6.30. The Morgan fingerprint density at radius 2 is 2.20 bits per heavy atom. The largest absolute Gasteiger partial charge is 0.481 e. The number of carboxylic acids is 1. The van der Waals surface area contributed by atoms with E-state index < -0.39 is 5.97 Å². The summed E-state index contributed by atoms with van der Waals surface area (Å²) in [5.41, 5.74) is 0.645. The molecule has 1 aliphatic heterocycles. The number of carbonyl (C=O) groups excluding carboxylic acids is 1. The summed E-state index contributed by atoms with van der Waals surface area (Å²) in [6.45, 7) is 1.27. The lowest BCUT2D eigenvalue weighted by molar-refractivity contribution is -0.141. The molecule has 0 saturated carbocycles. The summed E-state index contributed by atoms with van der Waals surface area (Å²) >= 11 is 5.83. The normalized spacial score (nSPS) is 18.4. The molecule has 2 N–H and O–H groups in total. The zero-order valence-corrected chi connectivity index (χ0v) is 12.3. The second-order valence-electron chi connectivity index (χ2n) is 4.62. The molecule has 1 saturated heterocycles. The number of nitrogens with zero attached hydrogens (tertiary/aromatic N) is 1. The molecule has 0 bridgehead atoms. The van der Waals surface area contributed by atoms with Crippen molar-refractivity contribution in [1.29, 1.82) is 0 Å². The molecule has 1 amide bonds. The molecule has 0 aromatic heterocycles. The third kappa shape index (κ3) is 4.67. The number of hydrogen-bond acceptors (Lipinski definition) is 3.